The van der Waals surface area contributed by atoms with Crippen molar-refractivity contribution in [1.29, 1.82) is 0 Å². The van der Waals surface area contributed by atoms with Gasteiger partial charge in [-0.15, -0.1) is 12.4 Å². The topological polar surface area (TPSA) is 47.1 Å². The molecule has 0 radical (unpaired) electrons. The summed E-state index contributed by atoms with van der Waals surface area (Å²) in [7, 11) is 0. The van der Waals surface area contributed by atoms with Gasteiger partial charge >= 0.3 is 0 Å². The molecule has 5 heteroatoms. The summed E-state index contributed by atoms with van der Waals surface area (Å²) in [5.74, 6) is 0. The van der Waals surface area contributed by atoms with Gasteiger partial charge < -0.3 is 5.73 Å². The fourth-order valence-electron chi connectivity index (χ4n) is 2.30. The van der Waals surface area contributed by atoms with E-state index in [4.69, 9.17) is 5.73 Å². The molecular formula is C16H25ClN4. The molecule has 1 heterocycles. The van der Waals surface area contributed by atoms with Gasteiger partial charge in [-0.25, -0.2) is 0 Å². The molecule has 0 fully saturated rings. The number of aromatic nitrogens is 2. The van der Waals surface area contributed by atoms with E-state index in [0.29, 0.717) is 6.54 Å². The van der Waals surface area contributed by atoms with Crippen LogP contribution in [0.5, 0.6) is 0 Å². The van der Waals surface area contributed by atoms with Gasteiger partial charge in [-0.1, -0.05) is 30.3 Å². The number of rotatable bonds is 8. The summed E-state index contributed by atoms with van der Waals surface area (Å²) in [5.41, 5.74) is 8.35. The lowest BCUT2D eigenvalue weighted by Gasteiger charge is -2.20. The number of nitrogens with zero attached hydrogens (tertiary/aromatic N) is 3. The first-order chi connectivity index (χ1) is 9.81. The van der Waals surface area contributed by atoms with Crippen LogP contribution < -0.4 is 5.73 Å². The highest BCUT2D eigenvalue weighted by Crippen LogP contribution is 2.06. The highest BCUT2D eigenvalue weighted by molar-refractivity contribution is 5.85. The highest BCUT2D eigenvalue weighted by atomic mass is 35.5. The molecule has 21 heavy (non-hydrogen) atoms. The van der Waals surface area contributed by atoms with Crippen molar-refractivity contribution >= 4 is 12.4 Å². The zero-order chi connectivity index (χ0) is 14.2. The fourth-order valence-corrected chi connectivity index (χ4v) is 2.30. The highest BCUT2D eigenvalue weighted by Gasteiger charge is 2.07. The molecule has 2 aromatic rings. The van der Waals surface area contributed by atoms with Crippen molar-refractivity contribution in [2.75, 3.05) is 19.6 Å². The Hall–Kier alpha value is -1.36. The minimum Gasteiger partial charge on any atom is -0.329 e. The second-order valence-corrected chi connectivity index (χ2v) is 5.00. The second kappa shape index (κ2) is 9.55. The third-order valence-corrected chi connectivity index (χ3v) is 3.42. The Morgan fingerprint density at radius 2 is 1.90 bits per heavy atom. The van der Waals surface area contributed by atoms with E-state index in [1.807, 2.05) is 10.9 Å². The molecule has 0 unspecified atom stereocenters. The minimum atomic E-state index is 0. The van der Waals surface area contributed by atoms with E-state index in [1.54, 1.807) is 0 Å². The van der Waals surface area contributed by atoms with Gasteiger partial charge in [0.15, 0.2) is 0 Å². The number of halogens is 1. The summed E-state index contributed by atoms with van der Waals surface area (Å²) < 4.78 is 1.97. The van der Waals surface area contributed by atoms with E-state index < -0.39 is 0 Å². The predicted octanol–water partition coefficient (Wildman–Crippen LogP) is 2.33. The van der Waals surface area contributed by atoms with Gasteiger partial charge in [0.25, 0.3) is 0 Å². The van der Waals surface area contributed by atoms with E-state index in [-0.39, 0.29) is 12.4 Å². The van der Waals surface area contributed by atoms with E-state index in [2.05, 4.69) is 53.5 Å². The van der Waals surface area contributed by atoms with Gasteiger partial charge in [-0.3, -0.25) is 9.58 Å². The molecule has 0 saturated carbocycles. The van der Waals surface area contributed by atoms with Gasteiger partial charge in [-0.05, 0) is 18.9 Å². The van der Waals surface area contributed by atoms with Crippen LogP contribution in [0.4, 0.5) is 0 Å². The average molecular weight is 309 g/mol. The van der Waals surface area contributed by atoms with Crippen LogP contribution in [0.15, 0.2) is 42.7 Å². The maximum atomic E-state index is 5.72. The molecule has 0 aliphatic carbocycles. The lowest BCUT2D eigenvalue weighted by atomic mass is 10.1. The Kier molecular flexibility index (Phi) is 8.05. The minimum absolute atomic E-state index is 0. The zero-order valence-corrected chi connectivity index (χ0v) is 13.4. The van der Waals surface area contributed by atoms with Crippen molar-refractivity contribution < 1.29 is 0 Å². The van der Waals surface area contributed by atoms with Crippen molar-refractivity contribution in [2.45, 2.75) is 26.4 Å². The summed E-state index contributed by atoms with van der Waals surface area (Å²) in [6.45, 7) is 6.58. The van der Waals surface area contributed by atoms with Crippen LogP contribution in [0.3, 0.4) is 0 Å². The number of hydrogen-bond acceptors (Lipinski definition) is 3. The summed E-state index contributed by atoms with van der Waals surface area (Å²) in [6, 6.07) is 10.6. The van der Waals surface area contributed by atoms with Crippen molar-refractivity contribution in [3.63, 3.8) is 0 Å². The third kappa shape index (κ3) is 5.87. The molecule has 1 aromatic carbocycles. The molecule has 1 aromatic heterocycles. The van der Waals surface area contributed by atoms with Gasteiger partial charge in [0.2, 0.25) is 0 Å². The van der Waals surface area contributed by atoms with Crippen molar-refractivity contribution in [3.8, 4) is 0 Å². The normalized spacial score (nSPS) is 10.6. The van der Waals surface area contributed by atoms with Gasteiger partial charge in [0, 0.05) is 44.5 Å². The smallest absolute Gasteiger partial charge is 0.0534 e. The van der Waals surface area contributed by atoms with Crippen LogP contribution in [-0.2, 0) is 19.5 Å². The van der Waals surface area contributed by atoms with Crippen molar-refractivity contribution in [3.05, 3.63) is 53.9 Å². The molecule has 0 aliphatic rings. The van der Waals surface area contributed by atoms with Gasteiger partial charge in [0.05, 0.1) is 6.20 Å². The van der Waals surface area contributed by atoms with Crippen LogP contribution in [0.2, 0.25) is 0 Å². The number of aryl methyl sites for hydroxylation is 1. The van der Waals surface area contributed by atoms with Crippen LogP contribution in [0.25, 0.3) is 0 Å². The standard InChI is InChI=1S/C16H24N4.ClH/c1-2-20-14-16(12-18-20)13-19(11-9-17)10-8-15-6-4-3-5-7-15;/h3-7,12,14H,2,8-11,13,17H2,1H3;1H. The van der Waals surface area contributed by atoms with Crippen LogP contribution in [0.1, 0.15) is 18.1 Å². The maximum absolute atomic E-state index is 5.72. The van der Waals surface area contributed by atoms with Crippen LogP contribution in [-0.4, -0.2) is 34.3 Å². The van der Waals surface area contributed by atoms with E-state index in [9.17, 15) is 0 Å². The summed E-state index contributed by atoms with van der Waals surface area (Å²) in [5, 5.41) is 4.32. The van der Waals surface area contributed by atoms with Crippen molar-refractivity contribution in [2.24, 2.45) is 5.73 Å². The molecule has 2 rings (SSSR count). The molecule has 0 amide bonds. The SMILES string of the molecule is CCn1cc(CN(CCN)CCc2ccccc2)cn1.Cl. The molecule has 2 N–H and O–H groups in total. The maximum Gasteiger partial charge on any atom is 0.0534 e. The lowest BCUT2D eigenvalue weighted by molar-refractivity contribution is 0.276. The van der Waals surface area contributed by atoms with E-state index >= 15 is 0 Å². The lowest BCUT2D eigenvalue weighted by Crippen LogP contribution is -2.30. The molecule has 0 atom stereocenters. The van der Waals surface area contributed by atoms with E-state index in [0.717, 1.165) is 32.6 Å². The van der Waals surface area contributed by atoms with Crippen molar-refractivity contribution in [1.82, 2.24) is 14.7 Å². The number of benzene rings is 1. The van der Waals surface area contributed by atoms with Gasteiger partial charge in [-0.2, -0.15) is 5.10 Å². The average Bonchev–Trinajstić information content (AvgIpc) is 2.94. The first kappa shape index (κ1) is 17.7. The van der Waals surface area contributed by atoms with Crippen LogP contribution in [0, 0.1) is 0 Å². The molecule has 116 valence electrons. The Bertz CT molecular complexity index is 498. The van der Waals surface area contributed by atoms with E-state index in [1.165, 1.54) is 11.1 Å². The largest absolute Gasteiger partial charge is 0.329 e. The summed E-state index contributed by atoms with van der Waals surface area (Å²) in [6.07, 6.45) is 5.13. The Labute approximate surface area is 133 Å². The quantitative estimate of drug-likeness (QED) is 0.814. The summed E-state index contributed by atoms with van der Waals surface area (Å²) in [4.78, 5) is 2.39. The first-order valence-corrected chi connectivity index (χ1v) is 7.29. The molecule has 0 bridgehead atoms. The number of hydrogen-bond donors (Lipinski definition) is 1. The summed E-state index contributed by atoms with van der Waals surface area (Å²) >= 11 is 0. The first-order valence-electron chi connectivity index (χ1n) is 7.29. The molecular weight excluding hydrogens is 284 g/mol. The molecule has 0 aliphatic heterocycles. The Morgan fingerprint density at radius 3 is 2.52 bits per heavy atom. The van der Waals surface area contributed by atoms with Gasteiger partial charge in [0.1, 0.15) is 0 Å². The molecule has 0 saturated heterocycles. The fraction of sp³-hybridized carbons (Fsp3) is 0.438. The molecule has 4 nitrogen and oxygen atoms in total. The monoisotopic (exact) mass is 308 g/mol. The Morgan fingerprint density at radius 1 is 1.14 bits per heavy atom. The number of nitrogens with two attached hydrogens (primary N) is 1. The second-order valence-electron chi connectivity index (χ2n) is 5.00. The third-order valence-electron chi connectivity index (χ3n) is 3.42. The van der Waals surface area contributed by atoms with Crippen LogP contribution >= 0.6 is 12.4 Å². The predicted molar refractivity (Wildman–Crippen MR) is 89.6 cm³/mol. The Balaban J connectivity index is 0.00000220. The zero-order valence-electron chi connectivity index (χ0n) is 12.6. The molecule has 0 spiro atoms.